The van der Waals surface area contributed by atoms with Crippen LogP contribution < -0.4 is 4.74 Å². The van der Waals surface area contributed by atoms with Crippen molar-refractivity contribution < 1.29 is 14.6 Å². The van der Waals surface area contributed by atoms with Crippen LogP contribution >= 0.6 is 0 Å². The summed E-state index contributed by atoms with van der Waals surface area (Å²) < 4.78 is 5.21. The Kier molecular flexibility index (Phi) is 2.71. The number of rotatable bonds is 2. The molecule has 0 aliphatic carbocycles. The zero-order valence-corrected chi connectivity index (χ0v) is 10.0. The van der Waals surface area contributed by atoms with Crippen LogP contribution in [0.15, 0.2) is 42.5 Å². The third-order valence-corrected chi connectivity index (χ3v) is 3.23. The van der Waals surface area contributed by atoms with Crippen LogP contribution in [-0.4, -0.2) is 24.5 Å². The van der Waals surface area contributed by atoms with Gasteiger partial charge in [-0.15, -0.1) is 0 Å². The number of hydrogen-bond donors (Lipinski definition) is 1. The number of carbonyl (C=O) groups excluding carboxylic acids is 1. The van der Waals surface area contributed by atoms with Crippen molar-refractivity contribution in [1.29, 1.82) is 0 Å². The first-order valence-electron chi connectivity index (χ1n) is 5.89. The summed E-state index contributed by atoms with van der Waals surface area (Å²) >= 11 is 0. The van der Waals surface area contributed by atoms with Gasteiger partial charge in [0.05, 0.1) is 0 Å². The number of carbonyl (C=O) groups is 1. The van der Waals surface area contributed by atoms with Gasteiger partial charge in [-0.25, -0.2) is 0 Å². The summed E-state index contributed by atoms with van der Waals surface area (Å²) in [6.07, 6.45) is 0. The minimum absolute atomic E-state index is 0.0595. The molecule has 1 atom stereocenters. The number of phenols is 1. The van der Waals surface area contributed by atoms with E-state index in [0.717, 1.165) is 11.1 Å². The topological polar surface area (TPSA) is 46.5 Å². The monoisotopic (exact) mass is 249 g/mol. The Morgan fingerprint density at radius 3 is 2.74 bits per heavy atom. The Bertz CT molecular complexity index is 679. The van der Waals surface area contributed by atoms with Crippen molar-refractivity contribution in [1.82, 2.24) is 0 Å². The average Bonchev–Trinajstić information content (AvgIpc) is 2.75. The standard InChI is InChI=1S/C15H10BO3/c16-8-9-5-6-12(17)11(7-9)14-10-3-1-2-4-13(10)19-15(14)18/h1-8,14,17H. The number of ether oxygens (including phenoxy) is 1. The maximum atomic E-state index is 12.0. The summed E-state index contributed by atoms with van der Waals surface area (Å²) in [5.74, 6) is 1.04. The molecule has 1 unspecified atom stereocenters. The van der Waals surface area contributed by atoms with E-state index in [0.29, 0.717) is 11.3 Å². The van der Waals surface area contributed by atoms with Gasteiger partial charge in [0.2, 0.25) is 0 Å². The van der Waals surface area contributed by atoms with E-state index in [1.54, 1.807) is 24.3 Å². The molecule has 2 aromatic carbocycles. The minimum atomic E-state index is -0.601. The van der Waals surface area contributed by atoms with Crippen LogP contribution in [-0.2, 0) is 4.79 Å². The van der Waals surface area contributed by atoms with E-state index in [-0.39, 0.29) is 11.7 Å². The summed E-state index contributed by atoms with van der Waals surface area (Å²) in [7, 11) is 5.47. The number of benzene rings is 2. The summed E-state index contributed by atoms with van der Waals surface area (Å²) in [6, 6.07) is 12.1. The predicted octanol–water partition coefficient (Wildman–Crippen LogP) is 1.76. The first-order valence-corrected chi connectivity index (χ1v) is 5.89. The Labute approximate surface area is 111 Å². The van der Waals surface area contributed by atoms with Gasteiger partial charge in [0.25, 0.3) is 0 Å². The van der Waals surface area contributed by atoms with Crippen LogP contribution in [0.2, 0.25) is 0 Å². The molecule has 1 aliphatic heterocycles. The Hall–Kier alpha value is -2.36. The second-order valence-electron chi connectivity index (χ2n) is 4.38. The summed E-state index contributed by atoms with van der Waals surface area (Å²) in [6.45, 7) is 0. The molecular weight excluding hydrogens is 239 g/mol. The number of para-hydroxylation sites is 1. The molecule has 2 aromatic rings. The number of aromatic hydroxyl groups is 1. The van der Waals surface area contributed by atoms with Crippen molar-refractivity contribution in [3.8, 4) is 11.5 Å². The van der Waals surface area contributed by atoms with Gasteiger partial charge in [-0.1, -0.05) is 0 Å². The third kappa shape index (κ3) is 1.85. The van der Waals surface area contributed by atoms with Crippen LogP contribution in [0, 0.1) is 0 Å². The molecule has 0 bridgehead atoms. The van der Waals surface area contributed by atoms with Crippen molar-refractivity contribution in [2.24, 2.45) is 0 Å². The average molecular weight is 249 g/mol. The quantitative estimate of drug-likeness (QED) is 0.501. The molecule has 1 radical (unpaired) electrons. The number of fused-ring (bicyclic) bond motifs is 1. The molecule has 19 heavy (non-hydrogen) atoms. The van der Waals surface area contributed by atoms with E-state index in [9.17, 15) is 9.90 Å². The van der Waals surface area contributed by atoms with E-state index >= 15 is 0 Å². The van der Waals surface area contributed by atoms with Crippen LogP contribution in [0.3, 0.4) is 0 Å². The van der Waals surface area contributed by atoms with Gasteiger partial charge in [-0.3, -0.25) is 0 Å². The Balaban J connectivity index is 2.17. The first-order chi connectivity index (χ1) is 9.20. The molecule has 91 valence electrons. The SMILES string of the molecule is [B]=Cc1ccc(O)c(C2C(=O)Oc3ccccc32)c1. The fraction of sp³-hybridized carbons (Fsp3) is 0.0667. The third-order valence-electron chi connectivity index (χ3n) is 3.23. The molecule has 4 heteroatoms. The van der Waals surface area contributed by atoms with Crippen LogP contribution in [0.25, 0.3) is 0 Å². The molecule has 0 aromatic heterocycles. The van der Waals surface area contributed by atoms with Gasteiger partial charge in [0, 0.05) is 0 Å². The molecule has 3 rings (SSSR count). The van der Waals surface area contributed by atoms with Crippen molar-refractivity contribution in [2.45, 2.75) is 5.92 Å². The van der Waals surface area contributed by atoms with Gasteiger partial charge in [-0.05, 0) is 0 Å². The normalized spacial score (nSPS) is 16.8. The van der Waals surface area contributed by atoms with Crippen molar-refractivity contribution in [3.63, 3.8) is 0 Å². The fourth-order valence-electron chi connectivity index (χ4n) is 2.31. The Morgan fingerprint density at radius 1 is 1.16 bits per heavy atom. The van der Waals surface area contributed by atoms with Gasteiger partial charge in [0.15, 0.2) is 0 Å². The van der Waals surface area contributed by atoms with Gasteiger partial charge >= 0.3 is 111 Å². The van der Waals surface area contributed by atoms with Gasteiger partial charge in [-0.2, -0.15) is 0 Å². The van der Waals surface area contributed by atoms with Gasteiger partial charge in [0.1, 0.15) is 0 Å². The molecule has 1 aliphatic rings. The zero-order valence-electron chi connectivity index (χ0n) is 10.0. The summed E-state index contributed by atoms with van der Waals surface area (Å²) in [5.41, 5.74) is 2.01. The van der Waals surface area contributed by atoms with Crippen molar-refractivity contribution in [3.05, 3.63) is 59.2 Å². The molecule has 0 amide bonds. The fourth-order valence-corrected chi connectivity index (χ4v) is 2.31. The molecular formula is C15H10BO3. The molecule has 3 nitrogen and oxygen atoms in total. The second kappa shape index (κ2) is 4.39. The molecule has 0 fully saturated rings. The molecule has 1 heterocycles. The number of phenolic OH excluding ortho intramolecular Hbond substituents is 1. The van der Waals surface area contributed by atoms with E-state index in [4.69, 9.17) is 12.2 Å². The van der Waals surface area contributed by atoms with Gasteiger partial charge < -0.3 is 0 Å². The van der Waals surface area contributed by atoms with Crippen LogP contribution in [0.1, 0.15) is 22.6 Å². The van der Waals surface area contributed by atoms with E-state index in [1.165, 1.54) is 12.0 Å². The molecule has 0 spiro atoms. The number of esters is 1. The van der Waals surface area contributed by atoms with E-state index < -0.39 is 5.92 Å². The summed E-state index contributed by atoms with van der Waals surface area (Å²) in [5, 5.41) is 9.97. The van der Waals surface area contributed by atoms with Crippen LogP contribution in [0.4, 0.5) is 0 Å². The van der Waals surface area contributed by atoms with E-state index in [1.807, 2.05) is 12.1 Å². The predicted molar refractivity (Wildman–Crippen MR) is 72.9 cm³/mol. The van der Waals surface area contributed by atoms with Crippen molar-refractivity contribution in [2.75, 3.05) is 0 Å². The maximum absolute atomic E-state index is 12.0. The Morgan fingerprint density at radius 2 is 1.95 bits per heavy atom. The second-order valence-corrected chi connectivity index (χ2v) is 4.38. The molecule has 0 saturated carbocycles. The zero-order chi connectivity index (χ0) is 13.4. The van der Waals surface area contributed by atoms with Crippen LogP contribution in [0.5, 0.6) is 11.5 Å². The number of hydrogen-bond acceptors (Lipinski definition) is 3. The molecule has 1 N–H and O–H groups in total. The van der Waals surface area contributed by atoms with Crippen molar-refractivity contribution >= 4 is 19.4 Å². The van der Waals surface area contributed by atoms with E-state index in [2.05, 4.69) is 0 Å². The molecule has 0 saturated heterocycles. The summed E-state index contributed by atoms with van der Waals surface area (Å²) in [4.78, 5) is 12.0. The first kappa shape index (κ1) is 11.7.